The van der Waals surface area contributed by atoms with E-state index < -0.39 is 5.97 Å². The molecule has 1 atom stereocenters. The molecule has 2 aromatic rings. The minimum atomic E-state index is -0.588. The number of rotatable bonds is 3. The number of ether oxygens (including phenoxy) is 2. The maximum Gasteiger partial charge on any atom is 0.358 e. The van der Waals surface area contributed by atoms with Crippen LogP contribution >= 0.6 is 23.2 Å². The molecule has 0 spiro atoms. The summed E-state index contributed by atoms with van der Waals surface area (Å²) in [7, 11) is 2.87. The molecule has 1 saturated heterocycles. The average molecular weight is 398 g/mol. The Kier molecular flexibility index (Phi) is 5.50. The first-order valence-electron chi connectivity index (χ1n) is 7.89. The van der Waals surface area contributed by atoms with E-state index in [0.717, 1.165) is 5.56 Å². The Hall–Kier alpha value is -2.09. The van der Waals surface area contributed by atoms with E-state index in [1.54, 1.807) is 24.1 Å². The molecule has 1 fully saturated rings. The Labute approximate surface area is 160 Å². The van der Waals surface area contributed by atoms with Crippen molar-refractivity contribution in [1.29, 1.82) is 0 Å². The number of methoxy groups -OCH3 is 1. The van der Waals surface area contributed by atoms with Crippen molar-refractivity contribution < 1.29 is 19.1 Å². The van der Waals surface area contributed by atoms with Crippen LogP contribution in [-0.2, 0) is 16.5 Å². The molecule has 1 aliphatic rings. The monoisotopic (exact) mass is 397 g/mol. The molecule has 1 aliphatic heterocycles. The molecule has 2 heterocycles. The number of nitrogens with zero attached hydrogens (tertiary/aromatic N) is 3. The fourth-order valence-corrected chi connectivity index (χ4v) is 3.09. The van der Waals surface area contributed by atoms with E-state index in [0.29, 0.717) is 35.4 Å². The van der Waals surface area contributed by atoms with Gasteiger partial charge < -0.3 is 14.4 Å². The molecule has 7 nitrogen and oxygen atoms in total. The normalized spacial score (nSPS) is 17.2. The van der Waals surface area contributed by atoms with Crippen LogP contribution in [0.15, 0.2) is 24.3 Å². The topological polar surface area (TPSA) is 73.7 Å². The molecule has 0 unspecified atom stereocenters. The van der Waals surface area contributed by atoms with Crippen LogP contribution in [0.2, 0.25) is 10.0 Å². The molecule has 0 radical (unpaired) electrons. The minimum Gasteiger partial charge on any atom is -0.464 e. The lowest BCUT2D eigenvalue weighted by atomic mass is 10.1. The van der Waals surface area contributed by atoms with Gasteiger partial charge in [-0.3, -0.25) is 9.48 Å². The largest absolute Gasteiger partial charge is 0.464 e. The second kappa shape index (κ2) is 7.65. The van der Waals surface area contributed by atoms with E-state index in [1.807, 2.05) is 6.07 Å². The van der Waals surface area contributed by atoms with Crippen LogP contribution in [0.1, 0.15) is 32.6 Å². The van der Waals surface area contributed by atoms with Crippen LogP contribution in [0.4, 0.5) is 0 Å². The van der Waals surface area contributed by atoms with Crippen molar-refractivity contribution in [2.45, 2.75) is 6.10 Å². The molecule has 1 aromatic carbocycles. The number of amides is 1. The molecular weight excluding hydrogens is 381 g/mol. The van der Waals surface area contributed by atoms with Gasteiger partial charge in [-0.1, -0.05) is 29.3 Å². The van der Waals surface area contributed by atoms with Crippen LogP contribution in [0.5, 0.6) is 0 Å². The molecule has 3 rings (SSSR count). The summed E-state index contributed by atoms with van der Waals surface area (Å²) in [5.41, 5.74) is 1.24. The van der Waals surface area contributed by atoms with Crippen LogP contribution in [-0.4, -0.2) is 53.4 Å². The lowest BCUT2D eigenvalue weighted by Gasteiger charge is -2.33. The predicted molar refractivity (Wildman–Crippen MR) is 95.6 cm³/mol. The number of benzene rings is 1. The van der Waals surface area contributed by atoms with Gasteiger partial charge in [-0.15, -0.1) is 0 Å². The summed E-state index contributed by atoms with van der Waals surface area (Å²) in [5, 5.41) is 4.93. The van der Waals surface area contributed by atoms with Gasteiger partial charge in [0.05, 0.1) is 30.3 Å². The number of hydrogen-bond acceptors (Lipinski definition) is 5. The van der Waals surface area contributed by atoms with E-state index >= 15 is 0 Å². The third-order valence-corrected chi connectivity index (χ3v) is 4.90. The predicted octanol–water partition coefficient (Wildman–Crippen LogP) is 2.73. The smallest absolute Gasteiger partial charge is 0.358 e. The lowest BCUT2D eigenvalue weighted by Crippen LogP contribution is -2.42. The summed E-state index contributed by atoms with van der Waals surface area (Å²) in [4.78, 5) is 26.1. The second-order valence-corrected chi connectivity index (χ2v) is 6.63. The van der Waals surface area contributed by atoms with E-state index in [-0.39, 0.29) is 17.7 Å². The number of morpholine rings is 1. The van der Waals surface area contributed by atoms with Crippen molar-refractivity contribution in [2.75, 3.05) is 26.8 Å². The molecule has 0 saturated carbocycles. The van der Waals surface area contributed by atoms with Crippen LogP contribution in [0.3, 0.4) is 0 Å². The van der Waals surface area contributed by atoms with Crippen molar-refractivity contribution >= 4 is 35.1 Å². The quantitative estimate of drug-likeness (QED) is 0.744. The zero-order valence-corrected chi connectivity index (χ0v) is 15.8. The highest BCUT2D eigenvalue weighted by molar-refractivity contribution is 6.42. The van der Waals surface area contributed by atoms with Crippen molar-refractivity contribution in [3.63, 3.8) is 0 Å². The van der Waals surface area contributed by atoms with E-state index in [2.05, 4.69) is 9.84 Å². The molecule has 1 aromatic heterocycles. The van der Waals surface area contributed by atoms with Crippen molar-refractivity contribution in [2.24, 2.45) is 7.05 Å². The van der Waals surface area contributed by atoms with Gasteiger partial charge in [0.15, 0.2) is 5.69 Å². The Bertz CT molecular complexity index is 853. The first kappa shape index (κ1) is 18.7. The fourth-order valence-electron chi connectivity index (χ4n) is 2.78. The van der Waals surface area contributed by atoms with Gasteiger partial charge in [-0.25, -0.2) is 4.79 Å². The number of esters is 1. The third-order valence-electron chi connectivity index (χ3n) is 4.16. The molecule has 1 amide bonds. The van der Waals surface area contributed by atoms with Crippen molar-refractivity contribution in [3.05, 3.63) is 51.3 Å². The zero-order valence-electron chi connectivity index (χ0n) is 14.2. The highest BCUT2D eigenvalue weighted by atomic mass is 35.5. The number of halogens is 2. The number of carbonyl (C=O) groups is 2. The Morgan fingerprint density at radius 1 is 1.27 bits per heavy atom. The van der Waals surface area contributed by atoms with Crippen LogP contribution in [0, 0.1) is 0 Å². The van der Waals surface area contributed by atoms with Gasteiger partial charge in [0.25, 0.3) is 5.91 Å². The summed E-state index contributed by atoms with van der Waals surface area (Å²) in [6.45, 7) is 1.18. The Balaban J connectivity index is 1.79. The summed E-state index contributed by atoms with van der Waals surface area (Å²) in [6.07, 6.45) is -0.309. The molecule has 9 heteroatoms. The zero-order chi connectivity index (χ0) is 18.8. The number of aryl methyl sites for hydroxylation is 1. The van der Waals surface area contributed by atoms with E-state index in [4.69, 9.17) is 27.9 Å². The van der Waals surface area contributed by atoms with Gasteiger partial charge in [0.2, 0.25) is 0 Å². The molecular formula is C17H17Cl2N3O4. The molecule has 0 N–H and O–H groups in total. The minimum absolute atomic E-state index is 0.0904. The Morgan fingerprint density at radius 3 is 2.73 bits per heavy atom. The molecule has 0 aliphatic carbocycles. The van der Waals surface area contributed by atoms with Gasteiger partial charge in [-0.05, 0) is 17.7 Å². The number of aromatic nitrogens is 2. The first-order chi connectivity index (χ1) is 12.4. The van der Waals surface area contributed by atoms with Crippen LogP contribution in [0.25, 0.3) is 0 Å². The van der Waals surface area contributed by atoms with Crippen LogP contribution < -0.4 is 0 Å². The maximum absolute atomic E-state index is 12.9. The van der Waals surface area contributed by atoms with Gasteiger partial charge in [0, 0.05) is 19.7 Å². The lowest BCUT2D eigenvalue weighted by molar-refractivity contribution is -0.0231. The second-order valence-electron chi connectivity index (χ2n) is 5.81. The molecule has 26 heavy (non-hydrogen) atoms. The Morgan fingerprint density at radius 2 is 2.04 bits per heavy atom. The number of carbonyl (C=O) groups excluding carboxylic acids is 2. The molecule has 138 valence electrons. The van der Waals surface area contributed by atoms with Crippen molar-refractivity contribution in [1.82, 2.24) is 14.7 Å². The van der Waals surface area contributed by atoms with Gasteiger partial charge in [-0.2, -0.15) is 5.10 Å². The average Bonchev–Trinajstić information content (AvgIpc) is 3.04. The summed E-state index contributed by atoms with van der Waals surface area (Å²) >= 11 is 12.0. The third kappa shape index (κ3) is 3.70. The van der Waals surface area contributed by atoms with Crippen molar-refractivity contribution in [3.8, 4) is 0 Å². The summed E-state index contributed by atoms with van der Waals surface area (Å²) in [5.74, 6) is -0.821. The molecule has 0 bridgehead atoms. The fraction of sp³-hybridized carbons (Fsp3) is 0.353. The van der Waals surface area contributed by atoms with Gasteiger partial charge >= 0.3 is 5.97 Å². The standard InChI is InChI=1S/C17H17Cl2N3O4/c1-21-14(8-13(20-21)17(24)25-2)16(23)22-5-6-26-15(9-22)10-3-4-11(18)12(19)7-10/h3-4,7-8,15H,5-6,9H2,1-2H3/t15-/m0/s1. The number of hydrogen-bond donors (Lipinski definition) is 0. The van der Waals surface area contributed by atoms with Gasteiger partial charge in [0.1, 0.15) is 11.8 Å². The first-order valence-corrected chi connectivity index (χ1v) is 8.64. The SMILES string of the molecule is COC(=O)c1cc(C(=O)N2CCO[C@H](c3ccc(Cl)c(Cl)c3)C2)n(C)n1. The van der Waals surface area contributed by atoms with E-state index in [1.165, 1.54) is 17.9 Å². The summed E-state index contributed by atoms with van der Waals surface area (Å²) < 4.78 is 11.8. The maximum atomic E-state index is 12.9. The summed E-state index contributed by atoms with van der Waals surface area (Å²) in [6, 6.07) is 6.69. The highest BCUT2D eigenvalue weighted by Gasteiger charge is 2.29. The highest BCUT2D eigenvalue weighted by Crippen LogP contribution is 2.29. The van der Waals surface area contributed by atoms with E-state index in [9.17, 15) is 9.59 Å².